The SMILES string of the molecule is CN(C)c1ccc(Cl)cc1NC(=O)c1cc2ccccc2n1C. The van der Waals surface area contributed by atoms with Gasteiger partial charge in [-0.25, -0.2) is 0 Å². The lowest BCUT2D eigenvalue weighted by Crippen LogP contribution is -2.18. The molecule has 4 nitrogen and oxygen atoms in total. The summed E-state index contributed by atoms with van der Waals surface area (Å²) < 4.78 is 1.89. The molecule has 0 saturated heterocycles. The van der Waals surface area contributed by atoms with Crippen LogP contribution in [-0.4, -0.2) is 24.6 Å². The molecule has 118 valence electrons. The summed E-state index contributed by atoms with van der Waals surface area (Å²) in [6.45, 7) is 0. The molecule has 1 heterocycles. The first-order valence-electron chi connectivity index (χ1n) is 7.30. The van der Waals surface area contributed by atoms with E-state index in [1.165, 1.54) is 0 Å². The topological polar surface area (TPSA) is 37.3 Å². The number of aromatic nitrogens is 1. The molecular weight excluding hydrogens is 310 g/mol. The largest absolute Gasteiger partial charge is 0.376 e. The Morgan fingerprint density at radius 3 is 2.57 bits per heavy atom. The van der Waals surface area contributed by atoms with Gasteiger partial charge in [0.2, 0.25) is 0 Å². The van der Waals surface area contributed by atoms with Gasteiger partial charge < -0.3 is 14.8 Å². The maximum atomic E-state index is 12.7. The molecule has 0 fully saturated rings. The van der Waals surface area contributed by atoms with E-state index in [1.807, 2.05) is 73.1 Å². The van der Waals surface area contributed by atoms with E-state index >= 15 is 0 Å². The normalized spacial score (nSPS) is 10.8. The molecule has 0 spiro atoms. The monoisotopic (exact) mass is 327 g/mol. The Morgan fingerprint density at radius 1 is 1.13 bits per heavy atom. The fourth-order valence-electron chi connectivity index (χ4n) is 2.69. The predicted molar refractivity (Wildman–Crippen MR) is 96.7 cm³/mol. The molecule has 0 unspecified atom stereocenters. The highest BCUT2D eigenvalue weighted by Gasteiger charge is 2.15. The van der Waals surface area contributed by atoms with Crippen molar-refractivity contribution in [1.82, 2.24) is 4.57 Å². The van der Waals surface area contributed by atoms with Crippen molar-refractivity contribution in [2.24, 2.45) is 7.05 Å². The van der Waals surface area contributed by atoms with Crippen molar-refractivity contribution in [3.63, 3.8) is 0 Å². The van der Waals surface area contributed by atoms with Crippen LogP contribution in [0.2, 0.25) is 5.02 Å². The van der Waals surface area contributed by atoms with Crippen molar-refractivity contribution in [3.05, 3.63) is 59.2 Å². The average Bonchev–Trinajstić information content (AvgIpc) is 2.85. The molecule has 0 aliphatic carbocycles. The van der Waals surface area contributed by atoms with E-state index in [9.17, 15) is 4.79 Å². The molecule has 1 N–H and O–H groups in total. The molecule has 3 rings (SSSR count). The fraction of sp³-hybridized carbons (Fsp3) is 0.167. The van der Waals surface area contributed by atoms with Crippen molar-refractivity contribution < 1.29 is 4.79 Å². The third-order valence-electron chi connectivity index (χ3n) is 3.87. The third-order valence-corrected chi connectivity index (χ3v) is 4.11. The minimum Gasteiger partial charge on any atom is -0.376 e. The molecule has 0 aliphatic heterocycles. The highest BCUT2D eigenvalue weighted by Crippen LogP contribution is 2.28. The summed E-state index contributed by atoms with van der Waals surface area (Å²) in [6, 6.07) is 15.3. The molecule has 0 atom stereocenters. The first kappa shape index (κ1) is 15.4. The molecule has 0 aliphatic rings. The van der Waals surface area contributed by atoms with Gasteiger partial charge in [-0.05, 0) is 30.3 Å². The van der Waals surface area contributed by atoms with E-state index in [0.717, 1.165) is 16.6 Å². The van der Waals surface area contributed by atoms with Gasteiger partial charge in [0.05, 0.1) is 11.4 Å². The Labute approximate surface area is 140 Å². The lowest BCUT2D eigenvalue weighted by atomic mass is 10.2. The number of benzene rings is 2. The van der Waals surface area contributed by atoms with Crippen LogP contribution in [0, 0.1) is 0 Å². The Kier molecular flexibility index (Phi) is 4.01. The van der Waals surface area contributed by atoms with E-state index in [-0.39, 0.29) is 5.91 Å². The number of para-hydroxylation sites is 1. The van der Waals surface area contributed by atoms with E-state index in [0.29, 0.717) is 16.4 Å². The predicted octanol–water partition coefficient (Wildman–Crippen LogP) is 4.15. The number of carbonyl (C=O) groups is 1. The number of halogens is 1. The van der Waals surface area contributed by atoms with E-state index < -0.39 is 0 Å². The van der Waals surface area contributed by atoms with E-state index in [4.69, 9.17) is 11.6 Å². The van der Waals surface area contributed by atoms with E-state index in [1.54, 1.807) is 6.07 Å². The zero-order valence-electron chi connectivity index (χ0n) is 13.3. The summed E-state index contributed by atoms with van der Waals surface area (Å²) in [5.41, 5.74) is 3.23. The summed E-state index contributed by atoms with van der Waals surface area (Å²) >= 11 is 6.07. The van der Waals surface area contributed by atoms with Crippen LogP contribution in [0.1, 0.15) is 10.5 Å². The number of fused-ring (bicyclic) bond motifs is 1. The highest BCUT2D eigenvalue weighted by molar-refractivity contribution is 6.31. The first-order chi connectivity index (χ1) is 11.0. The molecule has 0 saturated carbocycles. The number of nitrogens with zero attached hydrogens (tertiary/aromatic N) is 2. The van der Waals surface area contributed by atoms with Gasteiger partial charge in [0.1, 0.15) is 5.69 Å². The van der Waals surface area contributed by atoms with Gasteiger partial charge in [0, 0.05) is 37.1 Å². The number of hydrogen-bond acceptors (Lipinski definition) is 2. The lowest BCUT2D eigenvalue weighted by molar-refractivity contribution is 0.102. The quantitative estimate of drug-likeness (QED) is 0.784. The Morgan fingerprint density at radius 2 is 1.87 bits per heavy atom. The van der Waals surface area contributed by atoms with Gasteiger partial charge in [-0.3, -0.25) is 4.79 Å². The summed E-state index contributed by atoms with van der Waals surface area (Å²) in [7, 11) is 5.74. The smallest absolute Gasteiger partial charge is 0.272 e. The number of anilines is 2. The maximum Gasteiger partial charge on any atom is 0.272 e. The molecule has 2 aromatic carbocycles. The van der Waals surface area contributed by atoms with Gasteiger partial charge in [-0.1, -0.05) is 29.8 Å². The van der Waals surface area contributed by atoms with E-state index in [2.05, 4.69) is 5.32 Å². The zero-order chi connectivity index (χ0) is 16.6. The molecule has 3 aromatic rings. The zero-order valence-corrected chi connectivity index (χ0v) is 14.1. The summed E-state index contributed by atoms with van der Waals surface area (Å²) in [5, 5.41) is 4.59. The standard InChI is InChI=1S/C18H18ClN3O/c1-21(2)16-9-8-13(19)11-14(16)20-18(23)17-10-12-6-4-5-7-15(12)22(17)3/h4-11H,1-3H3,(H,20,23). The summed E-state index contributed by atoms with van der Waals surface area (Å²) in [6.07, 6.45) is 0. The Bertz CT molecular complexity index is 883. The second kappa shape index (κ2) is 5.97. The summed E-state index contributed by atoms with van der Waals surface area (Å²) in [5.74, 6) is -0.158. The minimum atomic E-state index is -0.158. The van der Waals surface area contributed by atoms with Crippen LogP contribution >= 0.6 is 11.6 Å². The molecule has 23 heavy (non-hydrogen) atoms. The number of carbonyl (C=O) groups excluding carboxylic acids is 1. The number of aryl methyl sites for hydroxylation is 1. The average molecular weight is 328 g/mol. The number of nitrogens with one attached hydrogen (secondary N) is 1. The van der Waals surface area contributed by atoms with Crippen LogP contribution in [-0.2, 0) is 7.05 Å². The molecule has 1 aromatic heterocycles. The first-order valence-corrected chi connectivity index (χ1v) is 7.68. The van der Waals surface area contributed by atoms with Crippen LogP contribution < -0.4 is 10.2 Å². The van der Waals surface area contributed by atoms with Gasteiger partial charge in [-0.2, -0.15) is 0 Å². The molecule has 1 amide bonds. The van der Waals surface area contributed by atoms with Crippen molar-refractivity contribution in [3.8, 4) is 0 Å². The number of rotatable bonds is 3. The number of amides is 1. The third kappa shape index (κ3) is 2.90. The van der Waals surface area contributed by atoms with Crippen molar-refractivity contribution >= 4 is 39.8 Å². The van der Waals surface area contributed by atoms with Crippen LogP contribution in [0.4, 0.5) is 11.4 Å². The van der Waals surface area contributed by atoms with Crippen LogP contribution in [0.25, 0.3) is 10.9 Å². The molecule has 5 heteroatoms. The summed E-state index contributed by atoms with van der Waals surface area (Å²) in [4.78, 5) is 14.6. The lowest BCUT2D eigenvalue weighted by Gasteiger charge is -2.18. The molecule has 0 radical (unpaired) electrons. The number of hydrogen-bond donors (Lipinski definition) is 1. The molecular formula is C18H18ClN3O. The van der Waals surface area contributed by atoms with Crippen LogP contribution in [0.15, 0.2) is 48.5 Å². The maximum absolute atomic E-state index is 12.7. The van der Waals surface area contributed by atoms with Crippen LogP contribution in [0.5, 0.6) is 0 Å². The van der Waals surface area contributed by atoms with Crippen molar-refractivity contribution in [1.29, 1.82) is 0 Å². The highest BCUT2D eigenvalue weighted by atomic mass is 35.5. The van der Waals surface area contributed by atoms with Crippen LogP contribution in [0.3, 0.4) is 0 Å². The van der Waals surface area contributed by atoms with Crippen molar-refractivity contribution in [2.75, 3.05) is 24.3 Å². The molecule has 0 bridgehead atoms. The van der Waals surface area contributed by atoms with Gasteiger partial charge in [-0.15, -0.1) is 0 Å². The minimum absolute atomic E-state index is 0.158. The Balaban J connectivity index is 1.98. The second-order valence-electron chi connectivity index (χ2n) is 5.66. The van der Waals surface area contributed by atoms with Crippen molar-refractivity contribution in [2.45, 2.75) is 0 Å². The van der Waals surface area contributed by atoms with Gasteiger partial charge in [0.25, 0.3) is 5.91 Å². The van der Waals surface area contributed by atoms with Gasteiger partial charge in [0.15, 0.2) is 0 Å². The Hall–Kier alpha value is -2.46. The van der Waals surface area contributed by atoms with Gasteiger partial charge >= 0.3 is 0 Å². The fourth-order valence-corrected chi connectivity index (χ4v) is 2.86. The second-order valence-corrected chi connectivity index (χ2v) is 6.09.